The number of hydrogen-bond donors (Lipinski definition) is 1. The quantitative estimate of drug-likeness (QED) is 0.769. The van der Waals surface area contributed by atoms with Crippen LogP contribution in [0.3, 0.4) is 0 Å². The first-order valence-electron chi connectivity index (χ1n) is 5.16. The van der Waals surface area contributed by atoms with E-state index >= 15 is 0 Å². The lowest BCUT2D eigenvalue weighted by Crippen LogP contribution is -2.37. The van der Waals surface area contributed by atoms with Crippen LogP contribution >= 0.6 is 11.3 Å². The van der Waals surface area contributed by atoms with E-state index in [1.165, 1.54) is 0 Å². The minimum absolute atomic E-state index is 0.0148. The van der Waals surface area contributed by atoms with Crippen LogP contribution in [0.1, 0.15) is 5.56 Å². The molecule has 0 fully saturated rings. The minimum Gasteiger partial charge on any atom is -0.395 e. The number of carbonyl (C=O) groups excluding carboxylic acids is 1. The first kappa shape index (κ1) is 13.2. The van der Waals surface area contributed by atoms with Crippen LogP contribution in [0.2, 0.25) is 0 Å². The highest BCUT2D eigenvalue weighted by Crippen LogP contribution is 2.08. The maximum atomic E-state index is 11.9. The Bertz CT molecular complexity index is 300. The molecule has 0 unspecified atom stereocenters. The van der Waals surface area contributed by atoms with Crippen molar-refractivity contribution in [2.75, 3.05) is 33.4 Å². The van der Waals surface area contributed by atoms with E-state index in [2.05, 4.69) is 0 Å². The van der Waals surface area contributed by atoms with Crippen LogP contribution in [0.25, 0.3) is 0 Å². The van der Waals surface area contributed by atoms with E-state index in [4.69, 9.17) is 9.84 Å². The van der Waals surface area contributed by atoms with Crippen LogP contribution in [-0.2, 0) is 16.0 Å². The van der Waals surface area contributed by atoms with E-state index in [0.29, 0.717) is 26.1 Å². The molecule has 1 rings (SSSR count). The first-order valence-corrected chi connectivity index (χ1v) is 6.11. The molecule has 1 aromatic heterocycles. The van der Waals surface area contributed by atoms with Gasteiger partial charge in [-0.3, -0.25) is 4.79 Å². The number of hydrogen-bond acceptors (Lipinski definition) is 4. The monoisotopic (exact) mass is 243 g/mol. The minimum atomic E-state index is -0.0148. The van der Waals surface area contributed by atoms with E-state index in [1.807, 2.05) is 16.8 Å². The van der Waals surface area contributed by atoms with Gasteiger partial charge in [0.05, 0.1) is 19.6 Å². The Labute approximate surface area is 99.5 Å². The number of amides is 1. The lowest BCUT2D eigenvalue weighted by molar-refractivity contribution is -0.131. The fourth-order valence-electron chi connectivity index (χ4n) is 1.36. The molecule has 5 heteroatoms. The maximum Gasteiger partial charge on any atom is 0.227 e. The molecular formula is C11H17NO3S. The number of methoxy groups -OCH3 is 1. The topological polar surface area (TPSA) is 49.8 Å². The summed E-state index contributed by atoms with van der Waals surface area (Å²) in [6.07, 6.45) is 0.396. The molecule has 0 saturated heterocycles. The number of aliphatic hydroxyl groups is 1. The highest BCUT2D eigenvalue weighted by atomic mass is 32.1. The van der Waals surface area contributed by atoms with Crippen LogP contribution in [0.5, 0.6) is 0 Å². The van der Waals surface area contributed by atoms with Gasteiger partial charge in [0, 0.05) is 20.2 Å². The molecule has 4 nitrogen and oxygen atoms in total. The lowest BCUT2D eigenvalue weighted by Gasteiger charge is -2.21. The molecule has 0 aliphatic heterocycles. The number of rotatable bonds is 7. The second-order valence-electron chi connectivity index (χ2n) is 3.41. The predicted octanol–water partition coefficient (Wildman–Crippen LogP) is 0.758. The summed E-state index contributed by atoms with van der Waals surface area (Å²) in [5.41, 5.74) is 1.02. The number of ether oxygens (including phenoxy) is 1. The van der Waals surface area contributed by atoms with Gasteiger partial charge < -0.3 is 14.7 Å². The average molecular weight is 243 g/mol. The van der Waals surface area contributed by atoms with Crippen molar-refractivity contribution in [2.45, 2.75) is 6.42 Å². The van der Waals surface area contributed by atoms with Gasteiger partial charge in [-0.05, 0) is 22.4 Å². The fraction of sp³-hybridized carbons (Fsp3) is 0.545. The molecule has 0 bridgehead atoms. The van der Waals surface area contributed by atoms with Gasteiger partial charge in [-0.2, -0.15) is 11.3 Å². The van der Waals surface area contributed by atoms with Crippen LogP contribution in [-0.4, -0.2) is 49.3 Å². The zero-order valence-corrected chi connectivity index (χ0v) is 10.2. The van der Waals surface area contributed by atoms with Gasteiger partial charge in [-0.25, -0.2) is 0 Å². The highest BCUT2D eigenvalue weighted by molar-refractivity contribution is 7.07. The van der Waals surface area contributed by atoms with E-state index < -0.39 is 0 Å². The molecule has 1 aromatic rings. The van der Waals surface area contributed by atoms with Crippen molar-refractivity contribution in [3.05, 3.63) is 22.4 Å². The second kappa shape index (κ2) is 7.38. The SMILES string of the molecule is COCCN(CCO)C(=O)Cc1ccsc1. The van der Waals surface area contributed by atoms with Gasteiger partial charge in [-0.1, -0.05) is 0 Å². The van der Waals surface area contributed by atoms with Crippen molar-refractivity contribution in [1.29, 1.82) is 0 Å². The Morgan fingerprint density at radius 1 is 1.56 bits per heavy atom. The molecule has 0 spiro atoms. The molecule has 1 amide bonds. The third kappa shape index (κ3) is 4.30. The van der Waals surface area contributed by atoms with Gasteiger partial charge in [0.25, 0.3) is 0 Å². The van der Waals surface area contributed by atoms with Crippen LogP contribution in [0.15, 0.2) is 16.8 Å². The van der Waals surface area contributed by atoms with Crippen molar-refractivity contribution in [3.8, 4) is 0 Å². The molecule has 0 aliphatic carbocycles. The molecule has 0 aromatic carbocycles. The Balaban J connectivity index is 2.46. The third-order valence-corrected chi connectivity index (χ3v) is 2.96. The molecule has 1 heterocycles. The van der Waals surface area contributed by atoms with E-state index in [0.717, 1.165) is 5.56 Å². The van der Waals surface area contributed by atoms with Crippen LogP contribution < -0.4 is 0 Å². The Hall–Kier alpha value is -0.910. The van der Waals surface area contributed by atoms with Crippen LogP contribution in [0.4, 0.5) is 0 Å². The van der Waals surface area contributed by atoms with Gasteiger partial charge in [0.15, 0.2) is 0 Å². The molecule has 0 saturated carbocycles. The summed E-state index contributed by atoms with van der Waals surface area (Å²) in [6.45, 7) is 1.38. The number of thiophene rings is 1. The smallest absolute Gasteiger partial charge is 0.227 e. The summed E-state index contributed by atoms with van der Waals surface area (Å²) in [5.74, 6) is 0.0319. The van der Waals surface area contributed by atoms with Gasteiger partial charge in [0.2, 0.25) is 5.91 Å². The fourth-order valence-corrected chi connectivity index (χ4v) is 2.03. The van der Waals surface area contributed by atoms with Crippen molar-refractivity contribution < 1.29 is 14.6 Å². The van der Waals surface area contributed by atoms with Crippen molar-refractivity contribution >= 4 is 17.2 Å². The molecule has 0 aliphatic rings. The molecule has 0 atom stereocenters. The first-order chi connectivity index (χ1) is 7.77. The van der Waals surface area contributed by atoms with E-state index in [9.17, 15) is 4.79 Å². The van der Waals surface area contributed by atoms with Crippen molar-refractivity contribution in [1.82, 2.24) is 4.90 Å². The number of carbonyl (C=O) groups is 1. The zero-order valence-electron chi connectivity index (χ0n) is 9.39. The second-order valence-corrected chi connectivity index (χ2v) is 4.19. The highest BCUT2D eigenvalue weighted by Gasteiger charge is 2.13. The summed E-state index contributed by atoms with van der Waals surface area (Å²) in [7, 11) is 1.60. The van der Waals surface area contributed by atoms with E-state index in [1.54, 1.807) is 23.3 Å². The molecule has 1 N–H and O–H groups in total. The normalized spacial score (nSPS) is 10.4. The predicted molar refractivity (Wildman–Crippen MR) is 63.6 cm³/mol. The molecule has 16 heavy (non-hydrogen) atoms. The largest absolute Gasteiger partial charge is 0.395 e. The summed E-state index contributed by atoms with van der Waals surface area (Å²) >= 11 is 1.58. The summed E-state index contributed by atoms with van der Waals surface area (Å²) < 4.78 is 4.93. The average Bonchev–Trinajstić information content (AvgIpc) is 2.76. The van der Waals surface area contributed by atoms with Crippen molar-refractivity contribution in [3.63, 3.8) is 0 Å². The summed E-state index contributed by atoms with van der Waals surface area (Å²) in [4.78, 5) is 13.5. The van der Waals surface area contributed by atoms with Gasteiger partial charge in [0.1, 0.15) is 0 Å². The standard InChI is InChI=1S/C11H17NO3S/c1-15-6-4-12(3-5-13)11(14)8-10-2-7-16-9-10/h2,7,9,13H,3-6,8H2,1H3. The summed E-state index contributed by atoms with van der Waals surface area (Å²) in [5, 5.41) is 12.8. The maximum absolute atomic E-state index is 11.9. The zero-order chi connectivity index (χ0) is 11.8. The number of nitrogens with zero attached hydrogens (tertiary/aromatic N) is 1. The molecular weight excluding hydrogens is 226 g/mol. The van der Waals surface area contributed by atoms with Crippen LogP contribution in [0, 0.1) is 0 Å². The van der Waals surface area contributed by atoms with Gasteiger partial charge >= 0.3 is 0 Å². The molecule has 90 valence electrons. The van der Waals surface area contributed by atoms with E-state index in [-0.39, 0.29) is 12.5 Å². The van der Waals surface area contributed by atoms with Crippen molar-refractivity contribution in [2.24, 2.45) is 0 Å². The lowest BCUT2D eigenvalue weighted by atomic mass is 10.2. The molecule has 0 radical (unpaired) electrons. The summed E-state index contributed by atoms with van der Waals surface area (Å²) in [6, 6.07) is 1.94. The van der Waals surface area contributed by atoms with Gasteiger partial charge in [-0.15, -0.1) is 0 Å². The number of aliphatic hydroxyl groups excluding tert-OH is 1. The Morgan fingerprint density at radius 3 is 2.94 bits per heavy atom. The third-order valence-electron chi connectivity index (χ3n) is 2.22. The Kier molecular flexibility index (Phi) is 6.07. The Morgan fingerprint density at radius 2 is 2.38 bits per heavy atom.